The van der Waals surface area contributed by atoms with E-state index in [1.165, 1.54) is 17.0 Å². The third-order valence-corrected chi connectivity index (χ3v) is 7.17. The van der Waals surface area contributed by atoms with Crippen molar-refractivity contribution in [1.82, 2.24) is 9.80 Å². The van der Waals surface area contributed by atoms with Crippen LogP contribution >= 0.6 is 0 Å². The number of fused-ring (bicyclic) bond motifs is 1. The molecule has 2 aliphatic rings. The Bertz CT molecular complexity index is 1020. The minimum Gasteiger partial charge on any atom is -0.480 e. The number of imide groups is 1. The van der Waals surface area contributed by atoms with Gasteiger partial charge in [0.15, 0.2) is 5.54 Å². The number of benzene rings is 1. The van der Waals surface area contributed by atoms with Gasteiger partial charge in [-0.25, -0.2) is 4.79 Å². The summed E-state index contributed by atoms with van der Waals surface area (Å²) in [7, 11) is 0. The molecule has 4 atom stereocenters. The van der Waals surface area contributed by atoms with E-state index in [0.717, 1.165) is 6.42 Å². The molecule has 2 fully saturated rings. The van der Waals surface area contributed by atoms with Gasteiger partial charge in [-0.1, -0.05) is 51.5 Å². The van der Waals surface area contributed by atoms with Crippen LogP contribution in [0.1, 0.15) is 57.6 Å². The minimum atomic E-state index is -1.87. The third kappa shape index (κ3) is 4.42. The molecule has 0 aliphatic carbocycles. The Labute approximate surface area is 205 Å². The maximum atomic E-state index is 13.8. The molecule has 10 nitrogen and oxygen atoms in total. The zero-order valence-corrected chi connectivity index (χ0v) is 20.5. The first-order valence-corrected chi connectivity index (χ1v) is 12.1. The smallest absolute Gasteiger partial charge is 0.329 e. The number of aliphatic carboxylic acids is 1. The molecule has 0 spiro atoms. The predicted molar refractivity (Wildman–Crippen MR) is 129 cm³/mol. The summed E-state index contributed by atoms with van der Waals surface area (Å²) in [6, 6.07) is 5.60. The summed E-state index contributed by atoms with van der Waals surface area (Å²) >= 11 is 0. The van der Waals surface area contributed by atoms with E-state index in [1.807, 2.05) is 20.8 Å². The number of hydrogen-bond donors (Lipinski definition) is 4. The number of carboxylic acid groups (broad SMARTS) is 1. The topological polar surface area (TPSA) is 171 Å². The Morgan fingerprint density at radius 3 is 2.23 bits per heavy atom. The van der Waals surface area contributed by atoms with Crippen molar-refractivity contribution in [3.05, 3.63) is 35.4 Å². The van der Waals surface area contributed by atoms with Crippen LogP contribution < -0.4 is 11.5 Å². The molecule has 1 aromatic rings. The lowest BCUT2D eigenvalue weighted by molar-refractivity contribution is -0.160. The van der Waals surface area contributed by atoms with Crippen molar-refractivity contribution in [2.24, 2.45) is 29.2 Å². The average Bonchev–Trinajstić information content (AvgIpc) is 3.20. The van der Waals surface area contributed by atoms with Gasteiger partial charge in [-0.05, 0) is 24.3 Å². The highest BCUT2D eigenvalue weighted by molar-refractivity contribution is 6.09. The lowest BCUT2D eigenvalue weighted by atomic mass is 9.75. The Morgan fingerprint density at radius 2 is 1.74 bits per heavy atom. The highest BCUT2D eigenvalue weighted by Crippen LogP contribution is 2.55. The Kier molecular flexibility index (Phi) is 7.64. The van der Waals surface area contributed by atoms with Gasteiger partial charge in [0.25, 0.3) is 0 Å². The minimum absolute atomic E-state index is 0.00397. The standard InChI is InChI=1S/C25H35N5O5/c1-4-5-11-29-22(32)19-17(13-14(2)3)30(12-10-18(26)31)25(24(34)35,20(19)23(29)33)16-8-6-15(7-9-16)21(27)28/h6-9,14,17,19-20H,4-5,10-13H2,1-3H3,(H2,26,31)(H3,27,28)(H,34,35). The van der Waals surface area contributed by atoms with E-state index in [1.54, 1.807) is 17.0 Å². The highest BCUT2D eigenvalue weighted by Gasteiger charge is 2.72. The molecular weight excluding hydrogens is 450 g/mol. The van der Waals surface area contributed by atoms with E-state index in [9.17, 15) is 24.3 Å². The van der Waals surface area contributed by atoms with Crippen LogP contribution in [0.2, 0.25) is 0 Å². The highest BCUT2D eigenvalue weighted by atomic mass is 16.4. The second kappa shape index (κ2) is 10.2. The molecule has 3 amide bonds. The van der Waals surface area contributed by atoms with Crippen LogP contribution in [0.25, 0.3) is 0 Å². The maximum absolute atomic E-state index is 13.8. The molecule has 0 radical (unpaired) electrons. The summed E-state index contributed by atoms with van der Waals surface area (Å²) in [6.07, 6.45) is 1.77. The largest absolute Gasteiger partial charge is 0.480 e. The van der Waals surface area contributed by atoms with Crippen molar-refractivity contribution in [2.75, 3.05) is 13.1 Å². The van der Waals surface area contributed by atoms with Crippen LogP contribution in [0.5, 0.6) is 0 Å². The fourth-order valence-electron chi connectivity index (χ4n) is 5.71. The molecule has 0 aromatic heterocycles. The van der Waals surface area contributed by atoms with Gasteiger partial charge >= 0.3 is 5.97 Å². The number of carbonyl (C=O) groups is 4. The van der Waals surface area contributed by atoms with E-state index >= 15 is 0 Å². The van der Waals surface area contributed by atoms with Crippen molar-refractivity contribution in [1.29, 1.82) is 5.41 Å². The number of likely N-dealkylation sites (tertiary alicyclic amines) is 2. The number of rotatable bonds is 11. The summed E-state index contributed by atoms with van der Waals surface area (Å²) < 4.78 is 0. The van der Waals surface area contributed by atoms with Crippen molar-refractivity contribution in [3.8, 4) is 0 Å². The van der Waals surface area contributed by atoms with Gasteiger partial charge in [-0.2, -0.15) is 0 Å². The Morgan fingerprint density at radius 1 is 1.11 bits per heavy atom. The summed E-state index contributed by atoms with van der Waals surface area (Å²) in [5.41, 5.74) is 9.85. The molecule has 2 aliphatic heterocycles. The number of hydrogen-bond acceptors (Lipinski definition) is 6. The number of amidine groups is 1. The summed E-state index contributed by atoms with van der Waals surface area (Å²) in [4.78, 5) is 55.2. The number of carbonyl (C=O) groups excluding carboxylic acids is 3. The van der Waals surface area contributed by atoms with Crippen LogP contribution in [0.3, 0.4) is 0 Å². The number of primary amides is 1. The van der Waals surface area contributed by atoms with Gasteiger partial charge in [-0.15, -0.1) is 0 Å². The molecule has 0 bridgehead atoms. The molecule has 0 saturated carbocycles. The molecule has 1 aromatic carbocycles. The number of carboxylic acids is 1. The molecule has 10 heteroatoms. The zero-order valence-electron chi connectivity index (χ0n) is 20.5. The molecule has 3 rings (SSSR count). The first-order valence-electron chi connectivity index (χ1n) is 12.1. The Balaban J connectivity index is 2.26. The second-order valence-electron chi connectivity index (χ2n) is 9.85. The first kappa shape index (κ1) is 26.3. The normalized spacial score (nSPS) is 26.4. The molecule has 2 saturated heterocycles. The summed E-state index contributed by atoms with van der Waals surface area (Å²) in [5, 5.41) is 18.5. The van der Waals surface area contributed by atoms with Crippen molar-refractivity contribution in [3.63, 3.8) is 0 Å². The van der Waals surface area contributed by atoms with Crippen LogP contribution in [-0.4, -0.2) is 63.6 Å². The Hall–Kier alpha value is -3.27. The number of amides is 3. The average molecular weight is 486 g/mol. The number of nitrogens with two attached hydrogens (primary N) is 2. The van der Waals surface area contributed by atoms with E-state index in [2.05, 4.69) is 0 Å². The number of nitrogen functional groups attached to an aromatic ring is 1. The number of nitrogens with one attached hydrogen (secondary N) is 1. The van der Waals surface area contributed by atoms with Gasteiger partial charge in [0.2, 0.25) is 17.7 Å². The summed E-state index contributed by atoms with van der Waals surface area (Å²) in [6.45, 7) is 6.14. The SMILES string of the molecule is CCCCN1C(=O)C2C(CC(C)C)N(CCC(N)=O)C(C(=O)O)(c3ccc(C(=N)N)cc3)C2C1=O. The lowest BCUT2D eigenvalue weighted by Crippen LogP contribution is -2.57. The predicted octanol–water partition coefficient (Wildman–Crippen LogP) is 1.26. The molecule has 190 valence electrons. The zero-order chi connectivity index (χ0) is 26.1. The van der Waals surface area contributed by atoms with Gasteiger partial charge in [0, 0.05) is 31.1 Å². The molecule has 6 N–H and O–H groups in total. The molecular formula is C25H35N5O5. The van der Waals surface area contributed by atoms with Crippen LogP contribution in [0, 0.1) is 23.2 Å². The second-order valence-corrected chi connectivity index (χ2v) is 9.85. The molecule has 4 unspecified atom stereocenters. The third-order valence-electron chi connectivity index (χ3n) is 7.17. The van der Waals surface area contributed by atoms with E-state index in [-0.39, 0.29) is 37.2 Å². The summed E-state index contributed by atoms with van der Waals surface area (Å²) in [5.74, 6) is -4.78. The maximum Gasteiger partial charge on any atom is 0.329 e. The van der Waals surface area contributed by atoms with Crippen LogP contribution in [0.4, 0.5) is 0 Å². The van der Waals surface area contributed by atoms with Gasteiger partial charge in [-0.3, -0.25) is 29.6 Å². The fourth-order valence-corrected chi connectivity index (χ4v) is 5.71. The van der Waals surface area contributed by atoms with Crippen molar-refractivity contribution < 1.29 is 24.3 Å². The lowest BCUT2D eigenvalue weighted by Gasteiger charge is -2.41. The number of nitrogens with zero attached hydrogens (tertiary/aromatic N) is 2. The fraction of sp³-hybridized carbons (Fsp3) is 0.560. The van der Waals surface area contributed by atoms with E-state index < -0.39 is 41.2 Å². The van der Waals surface area contributed by atoms with Crippen LogP contribution in [0.15, 0.2) is 24.3 Å². The quantitative estimate of drug-likeness (QED) is 0.207. The first-order chi connectivity index (χ1) is 16.5. The monoisotopic (exact) mass is 485 g/mol. The van der Waals surface area contributed by atoms with E-state index in [0.29, 0.717) is 24.0 Å². The van der Waals surface area contributed by atoms with Gasteiger partial charge < -0.3 is 16.6 Å². The molecule has 2 heterocycles. The van der Waals surface area contributed by atoms with Crippen molar-refractivity contribution in [2.45, 2.75) is 58.0 Å². The van der Waals surface area contributed by atoms with Crippen molar-refractivity contribution >= 4 is 29.5 Å². The molecule has 35 heavy (non-hydrogen) atoms. The van der Waals surface area contributed by atoms with Gasteiger partial charge in [0.1, 0.15) is 5.84 Å². The number of unbranched alkanes of at least 4 members (excludes halogenated alkanes) is 1. The van der Waals surface area contributed by atoms with E-state index in [4.69, 9.17) is 16.9 Å². The van der Waals surface area contributed by atoms with Gasteiger partial charge in [0.05, 0.1) is 11.8 Å². The van der Waals surface area contributed by atoms with Crippen LogP contribution in [-0.2, 0) is 24.7 Å².